The minimum atomic E-state index is 0.829. The van der Waals surface area contributed by atoms with E-state index in [9.17, 15) is 0 Å². The summed E-state index contributed by atoms with van der Waals surface area (Å²) in [7, 11) is 0. The van der Waals surface area contributed by atoms with Gasteiger partial charge in [-0.15, -0.1) is 0 Å². The first-order chi connectivity index (χ1) is 7.63. The van der Waals surface area contributed by atoms with Gasteiger partial charge in [0, 0.05) is 22.7 Å². The largest absolute Gasteiger partial charge is 0.361 e. The number of nitrogens with two attached hydrogens (primary N) is 1. The molecule has 3 heteroatoms. The van der Waals surface area contributed by atoms with Crippen LogP contribution in [0.5, 0.6) is 0 Å². The number of hydrazone groups is 1. The van der Waals surface area contributed by atoms with E-state index in [0.29, 0.717) is 0 Å². The van der Waals surface area contributed by atoms with Gasteiger partial charge in [-0.1, -0.05) is 12.6 Å². The van der Waals surface area contributed by atoms with E-state index < -0.39 is 0 Å². The molecule has 16 heavy (non-hydrogen) atoms. The second-order valence-corrected chi connectivity index (χ2v) is 3.96. The summed E-state index contributed by atoms with van der Waals surface area (Å²) in [4.78, 5) is 3.22. The molecule has 0 aliphatic carbocycles. The van der Waals surface area contributed by atoms with Gasteiger partial charge in [-0.3, -0.25) is 0 Å². The number of allylic oxidation sites excluding steroid dienone is 1. The van der Waals surface area contributed by atoms with Crippen LogP contribution in [0.1, 0.15) is 25.0 Å². The van der Waals surface area contributed by atoms with Gasteiger partial charge < -0.3 is 10.8 Å². The molecule has 82 valence electrons. The minimum Gasteiger partial charge on any atom is -0.361 e. The number of hydrogen-bond donors (Lipinski definition) is 2. The number of nitrogens with zero attached hydrogens (tertiary/aromatic N) is 1. The van der Waals surface area contributed by atoms with Crippen LogP contribution >= 0.6 is 0 Å². The highest BCUT2D eigenvalue weighted by Gasteiger charge is 2.06. The highest BCUT2D eigenvalue weighted by molar-refractivity contribution is 6.03. The van der Waals surface area contributed by atoms with Crippen LogP contribution in [-0.2, 0) is 0 Å². The zero-order chi connectivity index (χ0) is 11.7. The Morgan fingerprint density at radius 2 is 2.12 bits per heavy atom. The smallest absolute Gasteiger partial charge is 0.0642 e. The Hall–Kier alpha value is -2.03. The lowest BCUT2D eigenvalue weighted by Gasteiger charge is -2.01. The third-order valence-electron chi connectivity index (χ3n) is 2.75. The van der Waals surface area contributed by atoms with Crippen LogP contribution < -0.4 is 5.84 Å². The van der Waals surface area contributed by atoms with Crippen LogP contribution in [0.2, 0.25) is 0 Å². The van der Waals surface area contributed by atoms with Gasteiger partial charge in [0.1, 0.15) is 0 Å². The monoisotopic (exact) mass is 213 g/mol. The first-order valence-corrected chi connectivity index (χ1v) is 5.15. The Labute approximate surface area is 94.7 Å². The predicted molar refractivity (Wildman–Crippen MR) is 69.4 cm³/mol. The molecule has 0 fully saturated rings. The van der Waals surface area contributed by atoms with Crippen LogP contribution in [0.15, 0.2) is 36.1 Å². The molecule has 1 heterocycles. The van der Waals surface area contributed by atoms with Crippen LogP contribution in [0.4, 0.5) is 0 Å². The molecule has 0 aliphatic heterocycles. The Morgan fingerprint density at radius 1 is 1.38 bits per heavy atom. The summed E-state index contributed by atoms with van der Waals surface area (Å²) < 4.78 is 0. The lowest BCUT2D eigenvalue weighted by atomic mass is 10.0. The molecule has 0 aliphatic rings. The molecule has 3 nitrogen and oxygen atoms in total. The molecule has 0 bridgehead atoms. The molecule has 1 aromatic carbocycles. The van der Waals surface area contributed by atoms with Crippen molar-refractivity contribution < 1.29 is 0 Å². The molecule has 0 saturated carbocycles. The average Bonchev–Trinajstić information content (AvgIpc) is 2.70. The van der Waals surface area contributed by atoms with Gasteiger partial charge in [0.05, 0.1) is 5.71 Å². The fraction of sp³-hybridized carbons (Fsp3) is 0.154. The first kappa shape index (κ1) is 10.5. The van der Waals surface area contributed by atoms with E-state index in [1.807, 2.05) is 32.2 Å². The third kappa shape index (κ3) is 1.60. The van der Waals surface area contributed by atoms with Crippen LogP contribution in [-0.4, -0.2) is 10.7 Å². The molecular formula is C13H15N3. The van der Waals surface area contributed by atoms with Gasteiger partial charge in [0.25, 0.3) is 0 Å². The van der Waals surface area contributed by atoms with Gasteiger partial charge in [0.15, 0.2) is 0 Å². The number of benzene rings is 1. The molecule has 0 spiro atoms. The van der Waals surface area contributed by atoms with E-state index >= 15 is 0 Å². The number of aromatic amines is 1. The zero-order valence-corrected chi connectivity index (χ0v) is 9.54. The van der Waals surface area contributed by atoms with E-state index in [2.05, 4.69) is 22.7 Å². The predicted octanol–water partition coefficient (Wildman–Crippen LogP) is 2.88. The van der Waals surface area contributed by atoms with E-state index in [1.54, 1.807) is 0 Å². The number of hydrogen-bond acceptors (Lipinski definition) is 2. The maximum absolute atomic E-state index is 5.28. The Kier molecular flexibility index (Phi) is 2.52. The number of rotatable bonds is 2. The number of fused-ring (bicyclic) bond motifs is 1. The van der Waals surface area contributed by atoms with Crippen molar-refractivity contribution in [1.82, 2.24) is 4.98 Å². The minimum absolute atomic E-state index is 0.829. The van der Waals surface area contributed by atoms with E-state index in [4.69, 9.17) is 5.84 Å². The normalized spacial score (nSPS) is 12.0. The van der Waals surface area contributed by atoms with Crippen molar-refractivity contribution in [3.8, 4) is 0 Å². The van der Waals surface area contributed by atoms with E-state index in [1.165, 1.54) is 0 Å². The maximum Gasteiger partial charge on any atom is 0.0642 e. The second kappa shape index (κ2) is 3.85. The summed E-state index contributed by atoms with van der Waals surface area (Å²) in [6.45, 7) is 7.86. The lowest BCUT2D eigenvalue weighted by Crippen LogP contribution is -1.98. The molecule has 0 radical (unpaired) electrons. The van der Waals surface area contributed by atoms with Gasteiger partial charge in [-0.05, 0) is 37.1 Å². The van der Waals surface area contributed by atoms with Gasteiger partial charge in [-0.25, -0.2) is 0 Å². The average molecular weight is 213 g/mol. The zero-order valence-electron chi connectivity index (χ0n) is 9.54. The molecule has 2 rings (SSSR count). The quantitative estimate of drug-likeness (QED) is 0.450. The molecule has 0 atom stereocenters. The Morgan fingerprint density at radius 3 is 2.75 bits per heavy atom. The highest BCUT2D eigenvalue weighted by Crippen LogP contribution is 2.24. The maximum atomic E-state index is 5.28. The number of aromatic nitrogens is 1. The summed E-state index contributed by atoms with van der Waals surface area (Å²) >= 11 is 0. The summed E-state index contributed by atoms with van der Waals surface area (Å²) in [5.74, 6) is 5.28. The lowest BCUT2D eigenvalue weighted by molar-refractivity contribution is 1.24. The Balaban J connectivity index is 2.68. The summed E-state index contributed by atoms with van der Waals surface area (Å²) in [6, 6.07) is 6.13. The highest BCUT2D eigenvalue weighted by atomic mass is 15.1. The van der Waals surface area contributed by atoms with E-state index in [0.717, 1.165) is 33.3 Å². The Bertz CT molecular complexity index is 576. The fourth-order valence-electron chi connectivity index (χ4n) is 1.77. The molecule has 0 unspecified atom stereocenters. The van der Waals surface area contributed by atoms with Crippen molar-refractivity contribution in [2.24, 2.45) is 10.9 Å². The van der Waals surface area contributed by atoms with Gasteiger partial charge in [-0.2, -0.15) is 5.10 Å². The molecule has 0 amide bonds. The molecule has 1 aromatic heterocycles. The summed E-state index contributed by atoms with van der Waals surface area (Å²) in [6.07, 6.45) is 1.98. The summed E-state index contributed by atoms with van der Waals surface area (Å²) in [5.41, 5.74) is 5.16. The van der Waals surface area contributed by atoms with Crippen molar-refractivity contribution >= 4 is 22.2 Å². The third-order valence-corrected chi connectivity index (χ3v) is 2.75. The van der Waals surface area contributed by atoms with Crippen molar-refractivity contribution in [3.05, 3.63) is 42.1 Å². The molecule has 2 aromatic rings. The van der Waals surface area contributed by atoms with E-state index in [-0.39, 0.29) is 0 Å². The van der Waals surface area contributed by atoms with Crippen LogP contribution in [0, 0.1) is 0 Å². The van der Waals surface area contributed by atoms with Crippen LogP contribution in [0.3, 0.4) is 0 Å². The van der Waals surface area contributed by atoms with Crippen molar-refractivity contribution in [2.45, 2.75) is 13.8 Å². The van der Waals surface area contributed by atoms with Crippen LogP contribution in [0.25, 0.3) is 16.5 Å². The van der Waals surface area contributed by atoms with Gasteiger partial charge >= 0.3 is 0 Å². The fourth-order valence-corrected chi connectivity index (χ4v) is 1.77. The molecular weight excluding hydrogens is 198 g/mol. The van der Waals surface area contributed by atoms with Crippen molar-refractivity contribution in [2.75, 3.05) is 0 Å². The number of H-pyrrole nitrogens is 1. The first-order valence-electron chi connectivity index (χ1n) is 5.15. The number of nitrogens with one attached hydrogen (secondary N) is 1. The molecule has 3 N–H and O–H groups in total. The second-order valence-electron chi connectivity index (χ2n) is 3.96. The standard InChI is InChI=1S/C13H15N3/c1-8(2)12-7-15-13-5-4-10(6-11(12)13)9(3)16-14/h4-7,15H,1,14H2,2-3H3/b16-9+. The SMILES string of the molecule is C=C(C)c1c[nH]c2ccc(/C(C)=N/N)cc12. The topological polar surface area (TPSA) is 54.2 Å². The van der Waals surface area contributed by atoms with Crippen molar-refractivity contribution in [1.29, 1.82) is 0 Å². The van der Waals surface area contributed by atoms with Gasteiger partial charge in [0.2, 0.25) is 0 Å². The molecule has 0 saturated heterocycles. The van der Waals surface area contributed by atoms with Crippen molar-refractivity contribution in [3.63, 3.8) is 0 Å². The summed E-state index contributed by atoms with van der Waals surface area (Å²) in [5, 5.41) is 4.87.